The Bertz CT molecular complexity index is 703. The van der Waals surface area contributed by atoms with Gasteiger partial charge < -0.3 is 9.47 Å². The Hall–Kier alpha value is -1.66. The molecule has 2 rings (SSSR count). The van der Waals surface area contributed by atoms with E-state index in [9.17, 15) is 4.79 Å². The normalized spacial score (nSPS) is 19.2. The molecule has 1 amide bonds. The maximum absolute atomic E-state index is 12.2. The molecule has 0 saturated carbocycles. The van der Waals surface area contributed by atoms with Crippen LogP contribution in [-0.4, -0.2) is 43.3 Å². The number of rotatable bonds is 5. The molecule has 0 spiro atoms. The van der Waals surface area contributed by atoms with Crippen molar-refractivity contribution < 1.29 is 14.3 Å². The maximum Gasteiger partial charge on any atom is 0.266 e. The molecule has 130 valence electrons. The van der Waals surface area contributed by atoms with E-state index in [1.807, 2.05) is 19.9 Å². The van der Waals surface area contributed by atoms with E-state index in [2.05, 4.69) is 4.99 Å². The van der Waals surface area contributed by atoms with Crippen molar-refractivity contribution in [2.24, 2.45) is 4.99 Å². The minimum atomic E-state index is -0.0874. The van der Waals surface area contributed by atoms with Crippen LogP contribution in [0.4, 0.5) is 0 Å². The molecule has 1 aliphatic heterocycles. The summed E-state index contributed by atoms with van der Waals surface area (Å²) >= 11 is 7.69. The van der Waals surface area contributed by atoms with Gasteiger partial charge in [0.1, 0.15) is 0 Å². The molecule has 1 atom stereocenters. The number of carbonyl (C=O) groups excluding carboxylic acids is 1. The maximum atomic E-state index is 12.2. The van der Waals surface area contributed by atoms with Crippen LogP contribution in [0.5, 0.6) is 11.5 Å². The number of nitrogens with zero attached hydrogens (tertiary/aromatic N) is 2. The smallest absolute Gasteiger partial charge is 0.266 e. The molecular weight excluding hydrogens is 348 g/mol. The predicted molar refractivity (Wildman–Crippen MR) is 100 cm³/mol. The van der Waals surface area contributed by atoms with Crippen molar-refractivity contribution in [1.82, 2.24) is 4.90 Å². The van der Waals surface area contributed by atoms with Crippen molar-refractivity contribution >= 4 is 40.5 Å². The molecule has 0 N–H and O–H groups in total. The zero-order chi connectivity index (χ0) is 17.9. The fourth-order valence-corrected chi connectivity index (χ4v) is 3.31. The summed E-state index contributed by atoms with van der Waals surface area (Å²) in [5.41, 5.74) is 0.773. The molecule has 0 aliphatic carbocycles. The largest absolute Gasteiger partial charge is 0.493 e. The Morgan fingerprint density at radius 3 is 2.71 bits per heavy atom. The van der Waals surface area contributed by atoms with Crippen LogP contribution in [0.3, 0.4) is 0 Å². The lowest BCUT2D eigenvalue weighted by molar-refractivity contribution is -0.121. The van der Waals surface area contributed by atoms with Gasteiger partial charge in [-0.3, -0.25) is 14.7 Å². The summed E-state index contributed by atoms with van der Waals surface area (Å²) in [5.74, 6) is 0.979. The number of halogens is 1. The number of ether oxygens (including phenoxy) is 2. The van der Waals surface area contributed by atoms with Crippen molar-refractivity contribution in [2.75, 3.05) is 21.2 Å². The number of methoxy groups -OCH3 is 1. The van der Waals surface area contributed by atoms with E-state index in [4.69, 9.17) is 21.1 Å². The summed E-state index contributed by atoms with van der Waals surface area (Å²) in [6, 6.07) is 3.58. The van der Waals surface area contributed by atoms with Crippen LogP contribution >= 0.6 is 23.4 Å². The second kappa shape index (κ2) is 7.94. The van der Waals surface area contributed by atoms with Gasteiger partial charge in [-0.1, -0.05) is 18.5 Å². The third kappa shape index (κ3) is 3.87. The Kier molecular flexibility index (Phi) is 6.18. The molecule has 0 aromatic heterocycles. The molecule has 0 unspecified atom stereocenters. The van der Waals surface area contributed by atoms with Crippen molar-refractivity contribution in [3.63, 3.8) is 0 Å². The first-order valence-corrected chi connectivity index (χ1v) is 8.79. The quantitative estimate of drug-likeness (QED) is 0.735. The van der Waals surface area contributed by atoms with E-state index in [0.717, 1.165) is 12.0 Å². The van der Waals surface area contributed by atoms with Crippen LogP contribution in [0.1, 0.15) is 25.8 Å². The third-order valence-electron chi connectivity index (χ3n) is 3.64. The molecule has 1 saturated heterocycles. The lowest BCUT2D eigenvalue weighted by atomic mass is 10.1. The van der Waals surface area contributed by atoms with Crippen molar-refractivity contribution in [3.8, 4) is 11.5 Å². The first-order chi connectivity index (χ1) is 11.4. The predicted octanol–water partition coefficient (Wildman–Crippen LogP) is 4.06. The standard InChI is InChI=1S/C17H21ClN2O3S/c1-6-10(2)23-15-12(18)7-11(8-13(15)22-5)9-14-16(21)20(4)17(19-3)24-14/h7-10H,6H2,1-5H3/b14-9+,19-17?/t10-/m1/s1. The summed E-state index contributed by atoms with van der Waals surface area (Å²) in [7, 11) is 4.93. The molecule has 1 aromatic rings. The van der Waals surface area contributed by atoms with Crippen LogP contribution in [0.2, 0.25) is 5.02 Å². The van der Waals surface area contributed by atoms with Crippen molar-refractivity contribution in [2.45, 2.75) is 26.4 Å². The number of hydrogen-bond acceptors (Lipinski definition) is 5. The average molecular weight is 369 g/mol. The first kappa shape index (κ1) is 18.7. The van der Waals surface area contributed by atoms with Gasteiger partial charge in [0.25, 0.3) is 5.91 Å². The second-order valence-electron chi connectivity index (χ2n) is 5.35. The van der Waals surface area contributed by atoms with E-state index in [1.54, 1.807) is 33.3 Å². The lowest BCUT2D eigenvalue weighted by Crippen LogP contribution is -2.23. The van der Waals surface area contributed by atoms with Gasteiger partial charge >= 0.3 is 0 Å². The van der Waals surface area contributed by atoms with Gasteiger partial charge in [0.15, 0.2) is 16.7 Å². The lowest BCUT2D eigenvalue weighted by Gasteiger charge is -2.17. The molecule has 1 fully saturated rings. The van der Waals surface area contributed by atoms with Gasteiger partial charge in [-0.05, 0) is 48.9 Å². The second-order valence-corrected chi connectivity index (χ2v) is 6.77. The zero-order valence-corrected chi connectivity index (χ0v) is 16.0. The average Bonchev–Trinajstić information content (AvgIpc) is 2.84. The highest BCUT2D eigenvalue weighted by Crippen LogP contribution is 2.39. The van der Waals surface area contributed by atoms with Gasteiger partial charge in [-0.2, -0.15) is 0 Å². The fourth-order valence-electron chi connectivity index (χ4n) is 2.12. The third-order valence-corrected chi connectivity index (χ3v) is 5.07. The van der Waals surface area contributed by atoms with Crippen LogP contribution in [0.25, 0.3) is 6.08 Å². The van der Waals surface area contributed by atoms with Crippen LogP contribution in [-0.2, 0) is 4.79 Å². The number of thioether (sulfide) groups is 1. The summed E-state index contributed by atoms with van der Waals surface area (Å²) < 4.78 is 11.2. The van der Waals surface area contributed by atoms with Crippen molar-refractivity contribution in [1.29, 1.82) is 0 Å². The Morgan fingerprint density at radius 1 is 1.46 bits per heavy atom. The Morgan fingerprint density at radius 2 is 2.17 bits per heavy atom. The SMILES string of the molecule is CC[C@@H](C)Oc1c(Cl)cc(/C=C2/SC(=NC)N(C)C2=O)cc1OC. The molecule has 0 bridgehead atoms. The summed E-state index contributed by atoms with van der Waals surface area (Å²) in [6.07, 6.45) is 2.68. The molecule has 5 nitrogen and oxygen atoms in total. The number of likely N-dealkylation sites (N-methyl/N-ethyl adjacent to an activating group) is 1. The van der Waals surface area contributed by atoms with E-state index < -0.39 is 0 Å². The number of amides is 1. The molecule has 1 aromatic carbocycles. The summed E-state index contributed by atoms with van der Waals surface area (Å²) in [5, 5.41) is 1.12. The highest BCUT2D eigenvalue weighted by Gasteiger charge is 2.29. The first-order valence-electron chi connectivity index (χ1n) is 7.59. The molecule has 24 heavy (non-hydrogen) atoms. The number of carbonyl (C=O) groups is 1. The van der Waals surface area contributed by atoms with E-state index >= 15 is 0 Å². The molecule has 7 heteroatoms. The van der Waals surface area contributed by atoms with Gasteiger partial charge in [-0.15, -0.1) is 0 Å². The molecule has 1 heterocycles. The van der Waals surface area contributed by atoms with E-state index in [-0.39, 0.29) is 12.0 Å². The molecule has 0 radical (unpaired) electrons. The number of benzene rings is 1. The minimum absolute atomic E-state index is 0.0320. The minimum Gasteiger partial charge on any atom is -0.493 e. The number of amidine groups is 1. The number of aliphatic imine (C=N–C) groups is 1. The molecular formula is C17H21ClN2O3S. The van der Waals surface area contributed by atoms with Crippen LogP contribution < -0.4 is 9.47 Å². The van der Waals surface area contributed by atoms with Crippen LogP contribution in [0.15, 0.2) is 22.0 Å². The van der Waals surface area contributed by atoms with Crippen LogP contribution in [0, 0.1) is 0 Å². The summed E-state index contributed by atoms with van der Waals surface area (Å²) in [6.45, 7) is 4.01. The highest BCUT2D eigenvalue weighted by molar-refractivity contribution is 8.18. The molecule has 1 aliphatic rings. The Balaban J connectivity index is 2.38. The topological polar surface area (TPSA) is 51.1 Å². The van der Waals surface area contributed by atoms with Gasteiger partial charge in [0.2, 0.25) is 0 Å². The van der Waals surface area contributed by atoms with Gasteiger partial charge in [-0.25, -0.2) is 0 Å². The van der Waals surface area contributed by atoms with Gasteiger partial charge in [0, 0.05) is 14.1 Å². The zero-order valence-electron chi connectivity index (χ0n) is 14.4. The van der Waals surface area contributed by atoms with E-state index in [1.165, 1.54) is 16.7 Å². The fraction of sp³-hybridized carbons (Fsp3) is 0.412. The number of hydrogen-bond donors (Lipinski definition) is 0. The van der Waals surface area contributed by atoms with Gasteiger partial charge in [0.05, 0.1) is 23.1 Å². The Labute approximate surface area is 151 Å². The van der Waals surface area contributed by atoms with Crippen molar-refractivity contribution in [3.05, 3.63) is 27.6 Å². The summed E-state index contributed by atoms with van der Waals surface area (Å²) in [4.78, 5) is 18.4. The monoisotopic (exact) mass is 368 g/mol. The van der Waals surface area contributed by atoms with E-state index in [0.29, 0.717) is 26.6 Å². The highest BCUT2D eigenvalue weighted by atomic mass is 35.5.